The Balaban J connectivity index is 1.33. The lowest BCUT2D eigenvalue weighted by Gasteiger charge is -2.22. The summed E-state index contributed by atoms with van der Waals surface area (Å²) in [5.41, 5.74) is 2.18. The van der Waals surface area contributed by atoms with E-state index in [4.69, 9.17) is 0 Å². The maximum absolute atomic E-state index is 12.8. The molecule has 2 saturated carbocycles. The van der Waals surface area contributed by atoms with Crippen LogP contribution in [0.5, 0.6) is 0 Å². The third-order valence-electron chi connectivity index (χ3n) is 5.86. The molecule has 0 saturated heterocycles. The lowest BCUT2D eigenvalue weighted by molar-refractivity contribution is 0.0924. The minimum Gasteiger partial charge on any atom is -0.366 e. The maximum Gasteiger partial charge on any atom is 0.256 e. The molecule has 0 radical (unpaired) electrons. The number of carbonyl (C=O) groups is 1. The van der Waals surface area contributed by atoms with Gasteiger partial charge >= 0.3 is 0 Å². The van der Waals surface area contributed by atoms with E-state index in [-0.39, 0.29) is 5.91 Å². The molecular formula is C20H22N6O. The first-order valence-electron chi connectivity index (χ1n) is 9.54. The number of amides is 1. The molecule has 27 heavy (non-hydrogen) atoms. The summed E-state index contributed by atoms with van der Waals surface area (Å²) in [6.45, 7) is 0.623. The van der Waals surface area contributed by atoms with Gasteiger partial charge in [0.25, 0.3) is 5.91 Å². The van der Waals surface area contributed by atoms with Crippen LogP contribution in [0, 0.1) is 11.8 Å². The molecule has 2 N–H and O–H groups in total. The molecule has 2 fully saturated rings. The van der Waals surface area contributed by atoms with Gasteiger partial charge in [-0.2, -0.15) is 5.10 Å². The van der Waals surface area contributed by atoms with Crippen molar-refractivity contribution in [2.75, 3.05) is 5.32 Å². The predicted octanol–water partition coefficient (Wildman–Crippen LogP) is 2.65. The van der Waals surface area contributed by atoms with Crippen LogP contribution in [0.25, 0.3) is 5.65 Å². The van der Waals surface area contributed by atoms with Crippen molar-refractivity contribution >= 4 is 17.4 Å². The highest BCUT2D eigenvalue weighted by atomic mass is 16.1. The van der Waals surface area contributed by atoms with E-state index < -0.39 is 0 Å². The van der Waals surface area contributed by atoms with Gasteiger partial charge in [-0.05, 0) is 48.8 Å². The number of pyridine rings is 1. The van der Waals surface area contributed by atoms with E-state index in [0.717, 1.165) is 17.9 Å². The SMILES string of the molecule is O=C(NC1CC2CCC1C2)c1cnn2ccc(NCc3cccnc3)nc12. The second-order valence-electron chi connectivity index (χ2n) is 7.61. The highest BCUT2D eigenvalue weighted by Crippen LogP contribution is 2.44. The van der Waals surface area contributed by atoms with Crippen molar-refractivity contribution in [2.45, 2.75) is 38.3 Å². The van der Waals surface area contributed by atoms with E-state index in [0.29, 0.717) is 35.5 Å². The number of nitrogens with one attached hydrogen (secondary N) is 2. The fraction of sp³-hybridized carbons (Fsp3) is 0.400. The van der Waals surface area contributed by atoms with Crippen molar-refractivity contribution in [3.8, 4) is 0 Å². The first-order valence-corrected chi connectivity index (χ1v) is 9.54. The number of hydrogen-bond donors (Lipinski definition) is 2. The van der Waals surface area contributed by atoms with Crippen molar-refractivity contribution in [1.82, 2.24) is 24.9 Å². The average molecular weight is 362 g/mol. The Hall–Kier alpha value is -2.96. The molecule has 0 aromatic carbocycles. The highest BCUT2D eigenvalue weighted by molar-refractivity contribution is 6.00. The first-order chi connectivity index (χ1) is 13.3. The van der Waals surface area contributed by atoms with Crippen LogP contribution in [-0.4, -0.2) is 31.5 Å². The molecule has 2 aliphatic carbocycles. The van der Waals surface area contributed by atoms with Crippen LogP contribution in [0.3, 0.4) is 0 Å². The fourth-order valence-electron chi connectivity index (χ4n) is 4.49. The molecule has 7 heteroatoms. The van der Waals surface area contributed by atoms with Gasteiger partial charge in [0, 0.05) is 31.2 Å². The summed E-state index contributed by atoms with van der Waals surface area (Å²) in [6.07, 6.45) is 11.9. The highest BCUT2D eigenvalue weighted by Gasteiger charge is 2.40. The molecule has 7 nitrogen and oxygen atoms in total. The van der Waals surface area contributed by atoms with Crippen molar-refractivity contribution in [3.63, 3.8) is 0 Å². The number of rotatable bonds is 5. The van der Waals surface area contributed by atoms with Crippen LogP contribution in [0.1, 0.15) is 41.6 Å². The Morgan fingerprint density at radius 3 is 2.96 bits per heavy atom. The third kappa shape index (κ3) is 3.13. The number of hydrogen-bond acceptors (Lipinski definition) is 5. The normalized spacial score (nSPS) is 23.6. The van der Waals surface area contributed by atoms with Gasteiger partial charge < -0.3 is 10.6 Å². The zero-order chi connectivity index (χ0) is 18.2. The molecule has 3 unspecified atom stereocenters. The molecular weight excluding hydrogens is 340 g/mol. The van der Waals surface area contributed by atoms with Gasteiger partial charge in [0.1, 0.15) is 11.4 Å². The Kier molecular flexibility index (Phi) is 3.99. The zero-order valence-electron chi connectivity index (χ0n) is 15.0. The summed E-state index contributed by atoms with van der Waals surface area (Å²) in [5, 5.41) is 10.8. The number of fused-ring (bicyclic) bond motifs is 3. The van der Waals surface area contributed by atoms with Gasteiger partial charge in [0.15, 0.2) is 5.65 Å². The Bertz CT molecular complexity index is 969. The second-order valence-corrected chi connectivity index (χ2v) is 7.61. The van der Waals surface area contributed by atoms with Gasteiger partial charge in [-0.3, -0.25) is 9.78 Å². The summed E-state index contributed by atoms with van der Waals surface area (Å²) in [7, 11) is 0. The van der Waals surface area contributed by atoms with E-state index in [1.807, 2.05) is 30.6 Å². The average Bonchev–Trinajstić information content (AvgIpc) is 3.42. The minimum absolute atomic E-state index is 0.0699. The summed E-state index contributed by atoms with van der Waals surface area (Å²) in [6, 6.07) is 6.07. The molecule has 0 spiro atoms. The third-order valence-corrected chi connectivity index (χ3v) is 5.86. The lowest BCUT2D eigenvalue weighted by atomic mass is 9.95. The van der Waals surface area contributed by atoms with Crippen LogP contribution in [0.4, 0.5) is 5.82 Å². The molecule has 3 aromatic heterocycles. The fourth-order valence-corrected chi connectivity index (χ4v) is 4.49. The van der Waals surface area contributed by atoms with Gasteiger partial charge in [-0.15, -0.1) is 0 Å². The van der Waals surface area contributed by atoms with Crippen LogP contribution in [-0.2, 0) is 6.54 Å². The maximum atomic E-state index is 12.8. The standard InChI is InChI=1S/C20H22N6O/c27-20(24-17-9-13-3-4-15(17)8-13)16-12-23-26-7-5-18(25-19(16)26)22-11-14-2-1-6-21-10-14/h1-2,5-7,10,12-13,15,17H,3-4,8-9,11H2,(H,22,25)(H,24,27). The molecule has 5 rings (SSSR count). The first kappa shape index (κ1) is 16.2. The van der Waals surface area contributed by atoms with E-state index in [9.17, 15) is 4.79 Å². The minimum atomic E-state index is -0.0699. The monoisotopic (exact) mass is 362 g/mol. The Morgan fingerprint density at radius 1 is 1.22 bits per heavy atom. The molecule has 2 aliphatic rings. The number of nitrogens with zero attached hydrogens (tertiary/aromatic N) is 4. The second kappa shape index (κ2) is 6.64. The van der Waals surface area contributed by atoms with E-state index in [1.54, 1.807) is 16.9 Å². The summed E-state index contributed by atoms with van der Waals surface area (Å²) in [5.74, 6) is 2.08. The molecule has 3 aromatic rings. The van der Waals surface area contributed by atoms with Gasteiger partial charge in [-0.1, -0.05) is 12.5 Å². The Labute approximate surface area is 157 Å². The van der Waals surface area contributed by atoms with Crippen molar-refractivity contribution in [2.24, 2.45) is 11.8 Å². The van der Waals surface area contributed by atoms with Crippen molar-refractivity contribution < 1.29 is 4.79 Å². The topological polar surface area (TPSA) is 84.2 Å². The smallest absolute Gasteiger partial charge is 0.256 e. The van der Waals surface area contributed by atoms with Crippen LogP contribution in [0.15, 0.2) is 43.0 Å². The van der Waals surface area contributed by atoms with Gasteiger partial charge in [0.05, 0.1) is 6.20 Å². The van der Waals surface area contributed by atoms with Crippen LogP contribution < -0.4 is 10.6 Å². The van der Waals surface area contributed by atoms with E-state index in [1.165, 1.54) is 19.3 Å². The zero-order valence-corrected chi connectivity index (χ0v) is 15.0. The molecule has 2 bridgehead atoms. The quantitative estimate of drug-likeness (QED) is 0.729. The number of aromatic nitrogens is 4. The Morgan fingerprint density at radius 2 is 2.19 bits per heavy atom. The van der Waals surface area contributed by atoms with E-state index >= 15 is 0 Å². The van der Waals surface area contributed by atoms with Crippen LogP contribution in [0.2, 0.25) is 0 Å². The molecule has 3 atom stereocenters. The number of carbonyl (C=O) groups excluding carboxylic acids is 1. The predicted molar refractivity (Wildman–Crippen MR) is 101 cm³/mol. The van der Waals surface area contributed by atoms with Crippen molar-refractivity contribution in [1.29, 1.82) is 0 Å². The molecule has 1 amide bonds. The van der Waals surface area contributed by atoms with Gasteiger partial charge in [-0.25, -0.2) is 9.50 Å². The van der Waals surface area contributed by atoms with Crippen molar-refractivity contribution in [3.05, 3.63) is 54.1 Å². The van der Waals surface area contributed by atoms with Crippen LogP contribution >= 0.6 is 0 Å². The summed E-state index contributed by atoms with van der Waals surface area (Å²) < 4.78 is 1.64. The molecule has 0 aliphatic heterocycles. The summed E-state index contributed by atoms with van der Waals surface area (Å²) >= 11 is 0. The summed E-state index contributed by atoms with van der Waals surface area (Å²) in [4.78, 5) is 21.5. The lowest BCUT2D eigenvalue weighted by Crippen LogP contribution is -2.38. The largest absolute Gasteiger partial charge is 0.366 e. The molecule has 3 heterocycles. The van der Waals surface area contributed by atoms with E-state index in [2.05, 4.69) is 25.7 Å². The van der Waals surface area contributed by atoms with Gasteiger partial charge in [0.2, 0.25) is 0 Å². The number of anilines is 1. The molecule has 138 valence electrons.